The van der Waals surface area contributed by atoms with E-state index in [-0.39, 0.29) is 29.4 Å². The van der Waals surface area contributed by atoms with Gasteiger partial charge in [-0.2, -0.15) is 5.26 Å². The van der Waals surface area contributed by atoms with Crippen molar-refractivity contribution in [3.63, 3.8) is 0 Å². The molecule has 1 atom stereocenters. The molecule has 2 aliphatic carbocycles. The van der Waals surface area contributed by atoms with Crippen molar-refractivity contribution in [2.75, 3.05) is 4.90 Å². The van der Waals surface area contributed by atoms with Gasteiger partial charge < -0.3 is 0 Å². The third-order valence-electron chi connectivity index (χ3n) is 7.06. The summed E-state index contributed by atoms with van der Waals surface area (Å²) in [6.45, 7) is 6.23. The molecule has 1 aromatic carbocycles. The molecule has 4 nitrogen and oxygen atoms in total. The molecule has 1 unspecified atom stereocenters. The number of anilines is 1. The minimum atomic E-state index is -0.216. The van der Waals surface area contributed by atoms with Crippen molar-refractivity contribution >= 4 is 28.0 Å². The van der Waals surface area contributed by atoms with Crippen molar-refractivity contribution in [2.24, 2.45) is 5.41 Å². The number of carbonyl (C=O) groups excluding carboxylic acids is 2. The van der Waals surface area contributed by atoms with Gasteiger partial charge in [-0.25, -0.2) is 0 Å². The summed E-state index contributed by atoms with van der Waals surface area (Å²) in [5, 5.41) is 10.8. The largest absolute Gasteiger partial charge is 0.294 e. The highest BCUT2D eigenvalue weighted by Gasteiger charge is 2.45. The molecule has 1 aromatic heterocycles. The third-order valence-corrected chi connectivity index (χ3v) is 8.33. The molecule has 5 rings (SSSR count). The number of ketones is 1. The van der Waals surface area contributed by atoms with E-state index in [0.29, 0.717) is 18.4 Å². The van der Waals surface area contributed by atoms with Gasteiger partial charge in [-0.15, -0.1) is 11.3 Å². The van der Waals surface area contributed by atoms with Crippen LogP contribution in [0.1, 0.15) is 79.0 Å². The van der Waals surface area contributed by atoms with Crippen LogP contribution in [0.15, 0.2) is 35.5 Å². The number of nitriles is 1. The summed E-state index contributed by atoms with van der Waals surface area (Å²) < 4.78 is 0. The Bertz CT molecular complexity index is 1210. The average molecular weight is 445 g/mol. The van der Waals surface area contributed by atoms with E-state index in [1.165, 1.54) is 4.88 Å². The van der Waals surface area contributed by atoms with Crippen LogP contribution in [0.25, 0.3) is 0 Å². The predicted octanol–water partition coefficient (Wildman–Crippen LogP) is 5.97. The lowest BCUT2D eigenvalue weighted by molar-refractivity contribution is -0.120. The molecule has 0 N–H and O–H groups in total. The average Bonchev–Trinajstić information content (AvgIpc) is 3.10. The molecule has 164 valence electrons. The summed E-state index contributed by atoms with van der Waals surface area (Å²) in [5.74, 6) is -0.0756. The quantitative estimate of drug-likeness (QED) is 0.573. The molecule has 0 saturated heterocycles. The number of hydrogen-bond donors (Lipinski definition) is 0. The van der Waals surface area contributed by atoms with Crippen LogP contribution < -0.4 is 4.90 Å². The molecule has 0 fully saturated rings. The standard InChI is InChI=1S/C27H28N2O2S/c1-16-7-6-8-17(11-16)19-12-24(31)29(21-13-27(2,3)14-22(30)25(19)21)26-20(15-28)18-9-4-5-10-23(18)32-26/h6-8,11,19H,4-5,9-10,12-14H2,1-3H3. The summed E-state index contributed by atoms with van der Waals surface area (Å²) >= 11 is 1.59. The second-order valence-electron chi connectivity index (χ2n) is 10.2. The molecule has 2 heterocycles. The Balaban J connectivity index is 1.71. The van der Waals surface area contributed by atoms with Gasteiger partial charge >= 0.3 is 0 Å². The monoisotopic (exact) mass is 444 g/mol. The van der Waals surface area contributed by atoms with Gasteiger partial charge in [0.25, 0.3) is 0 Å². The summed E-state index contributed by atoms with van der Waals surface area (Å²) in [6.07, 6.45) is 5.50. The fourth-order valence-electron chi connectivity index (χ4n) is 5.65. The van der Waals surface area contributed by atoms with Crippen LogP contribution in [0.2, 0.25) is 0 Å². The van der Waals surface area contributed by atoms with E-state index in [2.05, 4.69) is 26.0 Å². The highest BCUT2D eigenvalue weighted by Crippen LogP contribution is 2.51. The topological polar surface area (TPSA) is 61.2 Å². The maximum Gasteiger partial charge on any atom is 0.232 e. The van der Waals surface area contributed by atoms with Gasteiger partial charge in [-0.05, 0) is 55.6 Å². The van der Waals surface area contributed by atoms with Crippen molar-refractivity contribution in [1.82, 2.24) is 0 Å². The Labute approximate surface area is 193 Å². The number of benzene rings is 1. The van der Waals surface area contributed by atoms with Crippen molar-refractivity contribution < 1.29 is 9.59 Å². The number of aryl methyl sites for hydroxylation is 2. The molecule has 0 radical (unpaired) electrons. The van der Waals surface area contributed by atoms with Crippen molar-refractivity contribution in [2.45, 2.75) is 71.6 Å². The van der Waals surface area contributed by atoms with Gasteiger partial charge in [0.05, 0.1) is 5.56 Å². The van der Waals surface area contributed by atoms with E-state index < -0.39 is 0 Å². The van der Waals surface area contributed by atoms with Gasteiger partial charge in [0.2, 0.25) is 5.91 Å². The van der Waals surface area contributed by atoms with Crippen LogP contribution in [0, 0.1) is 23.7 Å². The Morgan fingerprint density at radius 3 is 2.69 bits per heavy atom. The lowest BCUT2D eigenvalue weighted by Gasteiger charge is -2.42. The summed E-state index contributed by atoms with van der Waals surface area (Å²) in [5.41, 5.74) is 5.32. The summed E-state index contributed by atoms with van der Waals surface area (Å²) in [7, 11) is 0. The number of nitrogens with zero attached hydrogens (tertiary/aromatic N) is 2. The maximum absolute atomic E-state index is 13.7. The fourth-order valence-corrected chi connectivity index (χ4v) is 7.03. The molecular weight excluding hydrogens is 416 g/mol. The first-order valence-electron chi connectivity index (χ1n) is 11.5. The third kappa shape index (κ3) is 3.42. The molecule has 0 bridgehead atoms. The second-order valence-corrected chi connectivity index (χ2v) is 11.3. The van der Waals surface area contributed by atoms with E-state index in [0.717, 1.165) is 58.6 Å². The lowest BCUT2D eigenvalue weighted by Crippen LogP contribution is -2.43. The van der Waals surface area contributed by atoms with Crippen molar-refractivity contribution in [3.8, 4) is 6.07 Å². The number of amides is 1. The first-order chi connectivity index (χ1) is 15.3. The van der Waals surface area contributed by atoms with E-state index in [1.807, 2.05) is 25.1 Å². The van der Waals surface area contributed by atoms with Gasteiger partial charge in [0.1, 0.15) is 11.1 Å². The number of carbonyl (C=O) groups is 2. The van der Waals surface area contributed by atoms with Crippen LogP contribution in [0.5, 0.6) is 0 Å². The number of allylic oxidation sites excluding steroid dienone is 2. The molecule has 32 heavy (non-hydrogen) atoms. The van der Waals surface area contributed by atoms with Gasteiger partial charge in [-0.3, -0.25) is 14.5 Å². The molecule has 2 aromatic rings. The fraction of sp³-hybridized carbons (Fsp3) is 0.444. The normalized spacial score (nSPS) is 22.4. The van der Waals surface area contributed by atoms with Crippen molar-refractivity contribution in [1.29, 1.82) is 5.26 Å². The zero-order valence-electron chi connectivity index (χ0n) is 19.0. The van der Waals surface area contributed by atoms with E-state index in [9.17, 15) is 14.9 Å². The molecule has 0 saturated carbocycles. The first-order valence-corrected chi connectivity index (χ1v) is 12.3. The molecule has 1 amide bonds. The maximum atomic E-state index is 13.7. The van der Waals surface area contributed by atoms with Crippen molar-refractivity contribution in [3.05, 3.63) is 62.7 Å². The van der Waals surface area contributed by atoms with Crippen LogP contribution in [-0.2, 0) is 22.4 Å². The zero-order chi connectivity index (χ0) is 22.6. The minimum absolute atomic E-state index is 0.00384. The number of fused-ring (bicyclic) bond motifs is 1. The van der Waals surface area contributed by atoms with E-state index in [4.69, 9.17) is 0 Å². The summed E-state index contributed by atoms with van der Waals surface area (Å²) in [6, 6.07) is 10.6. The Morgan fingerprint density at radius 2 is 1.94 bits per heavy atom. The Kier molecular flexibility index (Phi) is 5.09. The molecule has 0 spiro atoms. The second kappa shape index (κ2) is 7.71. The minimum Gasteiger partial charge on any atom is -0.294 e. The number of thiophene rings is 1. The van der Waals surface area contributed by atoms with Crippen LogP contribution >= 0.6 is 11.3 Å². The molecule has 1 aliphatic heterocycles. The first kappa shape index (κ1) is 21.2. The molecule has 3 aliphatic rings. The highest BCUT2D eigenvalue weighted by molar-refractivity contribution is 7.16. The smallest absolute Gasteiger partial charge is 0.232 e. The van der Waals surface area contributed by atoms with Gasteiger partial charge in [-0.1, -0.05) is 43.7 Å². The SMILES string of the molecule is Cc1cccc(C2CC(=O)N(c3sc4c(c3C#N)CCCC4)C3=C2C(=O)CC(C)(C)C3)c1. The highest BCUT2D eigenvalue weighted by atomic mass is 32.1. The molecular formula is C27H28N2O2S. The van der Waals surface area contributed by atoms with E-state index in [1.54, 1.807) is 16.2 Å². The summed E-state index contributed by atoms with van der Waals surface area (Å²) in [4.78, 5) is 30.2. The Morgan fingerprint density at radius 1 is 1.16 bits per heavy atom. The zero-order valence-corrected chi connectivity index (χ0v) is 19.8. The predicted molar refractivity (Wildman–Crippen MR) is 127 cm³/mol. The number of Topliss-reactive ketones (excluding diaryl/α,β-unsaturated/α-hetero) is 1. The van der Waals surface area contributed by atoms with Crippen LogP contribution in [-0.4, -0.2) is 11.7 Å². The number of rotatable bonds is 2. The molecule has 5 heteroatoms. The van der Waals surface area contributed by atoms with E-state index >= 15 is 0 Å². The van der Waals surface area contributed by atoms with Gasteiger partial charge in [0.15, 0.2) is 5.78 Å². The van der Waals surface area contributed by atoms with Crippen LogP contribution in [0.3, 0.4) is 0 Å². The van der Waals surface area contributed by atoms with Crippen LogP contribution in [0.4, 0.5) is 5.00 Å². The Hall–Kier alpha value is -2.71. The number of hydrogen-bond acceptors (Lipinski definition) is 4. The van der Waals surface area contributed by atoms with Gasteiger partial charge in [0, 0.05) is 34.9 Å². The lowest BCUT2D eigenvalue weighted by atomic mass is 9.69.